The van der Waals surface area contributed by atoms with E-state index >= 15 is 0 Å². The fraction of sp³-hybridized carbons (Fsp3) is 0.500. The normalized spacial score (nSPS) is 10.7. The van der Waals surface area contributed by atoms with Crippen LogP contribution in [0.4, 0.5) is 0 Å². The molecular weight excluding hydrogens is 401 g/mol. The molecule has 0 bridgehead atoms. The number of ether oxygens (including phenoxy) is 1. The number of aryl methyl sites for hydroxylation is 1. The maximum absolute atomic E-state index is 5.17. The summed E-state index contributed by atoms with van der Waals surface area (Å²) >= 11 is 0. The van der Waals surface area contributed by atoms with Gasteiger partial charge in [-0.1, -0.05) is 18.2 Å². The van der Waals surface area contributed by atoms with Crippen LogP contribution in [0.25, 0.3) is 0 Å². The largest absolute Gasteiger partial charge is 0.497 e. The van der Waals surface area contributed by atoms with Crippen LogP contribution in [0.2, 0.25) is 0 Å². The average Bonchev–Trinajstić information content (AvgIpc) is 2.55. The van der Waals surface area contributed by atoms with Crippen LogP contribution < -0.4 is 10.1 Å². The van der Waals surface area contributed by atoms with Crippen molar-refractivity contribution in [3.63, 3.8) is 0 Å². The number of nitrogens with one attached hydrogen (secondary N) is 1. The highest BCUT2D eigenvalue weighted by Gasteiger charge is 2.04. The number of guanidine groups is 1. The summed E-state index contributed by atoms with van der Waals surface area (Å²) < 4.78 is 5.17. The van der Waals surface area contributed by atoms with Crippen molar-refractivity contribution in [3.05, 3.63) is 42.5 Å². The SMILES string of the molecule is C=CCCCN(C)C(=NC)NCCCc1ccc(OC)cc1.I. The van der Waals surface area contributed by atoms with Gasteiger partial charge in [0.2, 0.25) is 0 Å². The van der Waals surface area contributed by atoms with Crippen molar-refractivity contribution < 1.29 is 4.74 Å². The number of halogens is 1. The summed E-state index contributed by atoms with van der Waals surface area (Å²) in [7, 11) is 5.59. The van der Waals surface area contributed by atoms with Crippen molar-refractivity contribution in [2.24, 2.45) is 4.99 Å². The summed E-state index contributed by atoms with van der Waals surface area (Å²) in [6.45, 7) is 5.66. The van der Waals surface area contributed by atoms with Crippen LogP contribution in [0.3, 0.4) is 0 Å². The number of rotatable bonds is 9. The summed E-state index contributed by atoms with van der Waals surface area (Å²) in [6.07, 6.45) is 6.23. The molecule has 4 nitrogen and oxygen atoms in total. The summed E-state index contributed by atoms with van der Waals surface area (Å²) in [4.78, 5) is 6.49. The van der Waals surface area contributed by atoms with Gasteiger partial charge < -0.3 is 15.0 Å². The van der Waals surface area contributed by atoms with E-state index in [1.165, 1.54) is 5.56 Å². The number of unbranched alkanes of at least 4 members (excludes halogenated alkanes) is 1. The third-order valence-corrected chi connectivity index (χ3v) is 3.56. The fourth-order valence-corrected chi connectivity index (χ4v) is 2.25. The van der Waals surface area contributed by atoms with Crippen molar-refractivity contribution in [1.82, 2.24) is 10.2 Å². The van der Waals surface area contributed by atoms with Gasteiger partial charge in [-0.15, -0.1) is 30.6 Å². The molecule has 0 atom stereocenters. The van der Waals surface area contributed by atoms with Crippen molar-refractivity contribution in [3.8, 4) is 5.75 Å². The predicted molar refractivity (Wildman–Crippen MR) is 110 cm³/mol. The minimum atomic E-state index is 0. The Kier molecular flexibility index (Phi) is 12.5. The molecule has 23 heavy (non-hydrogen) atoms. The second-order valence-electron chi connectivity index (χ2n) is 5.28. The molecule has 0 heterocycles. The first-order chi connectivity index (χ1) is 10.7. The molecule has 0 aliphatic rings. The molecule has 0 saturated carbocycles. The van der Waals surface area contributed by atoms with Gasteiger partial charge in [-0.3, -0.25) is 4.99 Å². The number of aliphatic imine (C=N–C) groups is 1. The van der Waals surface area contributed by atoms with Gasteiger partial charge >= 0.3 is 0 Å². The maximum atomic E-state index is 5.17. The first kappa shape index (κ1) is 21.8. The lowest BCUT2D eigenvalue weighted by Crippen LogP contribution is -2.39. The van der Waals surface area contributed by atoms with Crippen LogP contribution in [0.15, 0.2) is 41.9 Å². The second kappa shape index (κ2) is 13.2. The minimum Gasteiger partial charge on any atom is -0.497 e. The lowest BCUT2D eigenvalue weighted by molar-refractivity contribution is 0.414. The van der Waals surface area contributed by atoms with Crippen LogP contribution in [0.5, 0.6) is 5.75 Å². The quantitative estimate of drug-likeness (QED) is 0.213. The van der Waals surface area contributed by atoms with E-state index in [1.807, 2.05) is 25.3 Å². The fourth-order valence-electron chi connectivity index (χ4n) is 2.25. The van der Waals surface area contributed by atoms with Crippen LogP contribution in [-0.4, -0.2) is 45.2 Å². The summed E-state index contributed by atoms with van der Waals surface area (Å²) in [5, 5.41) is 3.41. The monoisotopic (exact) mass is 431 g/mol. The number of benzene rings is 1. The van der Waals surface area contributed by atoms with E-state index in [4.69, 9.17) is 4.74 Å². The summed E-state index contributed by atoms with van der Waals surface area (Å²) in [5.74, 6) is 1.86. The van der Waals surface area contributed by atoms with Crippen LogP contribution >= 0.6 is 24.0 Å². The van der Waals surface area contributed by atoms with Gasteiger partial charge in [0.1, 0.15) is 5.75 Å². The van der Waals surface area contributed by atoms with Crippen molar-refractivity contribution in [2.75, 3.05) is 34.3 Å². The van der Waals surface area contributed by atoms with Gasteiger partial charge in [0.05, 0.1) is 7.11 Å². The number of allylic oxidation sites excluding steroid dienone is 1. The molecule has 0 radical (unpaired) electrons. The molecule has 1 rings (SSSR count). The van der Waals surface area contributed by atoms with E-state index in [0.29, 0.717) is 0 Å². The van der Waals surface area contributed by atoms with E-state index in [0.717, 1.165) is 50.5 Å². The third kappa shape index (κ3) is 8.83. The lowest BCUT2D eigenvalue weighted by atomic mass is 10.1. The zero-order valence-electron chi connectivity index (χ0n) is 14.5. The molecule has 0 saturated heterocycles. The molecule has 5 heteroatoms. The van der Waals surface area contributed by atoms with Gasteiger partial charge in [0.25, 0.3) is 0 Å². The highest BCUT2D eigenvalue weighted by molar-refractivity contribution is 14.0. The molecule has 0 aromatic heterocycles. The maximum Gasteiger partial charge on any atom is 0.193 e. The molecule has 0 unspecified atom stereocenters. The Bertz CT molecular complexity index is 460. The molecule has 0 spiro atoms. The van der Waals surface area contributed by atoms with E-state index in [1.54, 1.807) is 7.11 Å². The van der Waals surface area contributed by atoms with E-state index < -0.39 is 0 Å². The van der Waals surface area contributed by atoms with E-state index in [2.05, 4.69) is 41.0 Å². The Morgan fingerprint density at radius 3 is 2.57 bits per heavy atom. The summed E-state index contributed by atoms with van der Waals surface area (Å²) in [6, 6.07) is 8.26. The Labute approximate surface area is 158 Å². The standard InChI is InChI=1S/C18H29N3O.HI/c1-5-6-7-15-21(3)18(19-2)20-14-8-9-16-10-12-17(22-4)13-11-16;/h5,10-13H,1,6-9,14-15H2,2-4H3,(H,19,20);1H. The molecule has 130 valence electrons. The highest BCUT2D eigenvalue weighted by atomic mass is 127. The average molecular weight is 431 g/mol. The molecular formula is C18H30IN3O. The lowest BCUT2D eigenvalue weighted by Gasteiger charge is -2.21. The summed E-state index contributed by atoms with van der Waals surface area (Å²) in [5.41, 5.74) is 1.33. The van der Waals surface area contributed by atoms with Crippen LogP contribution in [0.1, 0.15) is 24.8 Å². The zero-order valence-corrected chi connectivity index (χ0v) is 16.9. The molecule has 1 aromatic carbocycles. The second-order valence-corrected chi connectivity index (χ2v) is 5.28. The molecule has 0 fully saturated rings. The number of hydrogen-bond acceptors (Lipinski definition) is 2. The number of methoxy groups -OCH3 is 1. The Morgan fingerprint density at radius 1 is 1.30 bits per heavy atom. The van der Waals surface area contributed by atoms with Gasteiger partial charge in [-0.25, -0.2) is 0 Å². The van der Waals surface area contributed by atoms with Gasteiger partial charge in [0, 0.05) is 27.2 Å². The topological polar surface area (TPSA) is 36.9 Å². The molecule has 0 amide bonds. The van der Waals surface area contributed by atoms with Crippen LogP contribution in [-0.2, 0) is 6.42 Å². The molecule has 0 aliphatic heterocycles. The number of nitrogens with zero attached hydrogens (tertiary/aromatic N) is 2. The smallest absolute Gasteiger partial charge is 0.193 e. The zero-order chi connectivity index (χ0) is 16.2. The van der Waals surface area contributed by atoms with Crippen LogP contribution in [0, 0.1) is 0 Å². The Hall–Kier alpha value is -1.24. The Balaban J connectivity index is 0.00000484. The molecule has 1 N–H and O–H groups in total. The predicted octanol–water partition coefficient (Wildman–Crippen LogP) is 3.72. The first-order valence-corrected chi connectivity index (χ1v) is 7.87. The van der Waals surface area contributed by atoms with Crippen molar-refractivity contribution >= 4 is 29.9 Å². The molecule has 1 aromatic rings. The first-order valence-electron chi connectivity index (χ1n) is 7.87. The van der Waals surface area contributed by atoms with E-state index in [9.17, 15) is 0 Å². The number of hydrogen-bond donors (Lipinski definition) is 1. The third-order valence-electron chi connectivity index (χ3n) is 3.56. The minimum absolute atomic E-state index is 0. The highest BCUT2D eigenvalue weighted by Crippen LogP contribution is 2.12. The van der Waals surface area contributed by atoms with Gasteiger partial charge in [-0.2, -0.15) is 0 Å². The van der Waals surface area contributed by atoms with Gasteiger partial charge in [-0.05, 0) is 43.4 Å². The van der Waals surface area contributed by atoms with Crippen molar-refractivity contribution in [2.45, 2.75) is 25.7 Å². The van der Waals surface area contributed by atoms with Gasteiger partial charge in [0.15, 0.2) is 5.96 Å². The Morgan fingerprint density at radius 2 is 2.00 bits per heavy atom. The molecule has 0 aliphatic carbocycles. The van der Waals surface area contributed by atoms with E-state index in [-0.39, 0.29) is 24.0 Å². The van der Waals surface area contributed by atoms with Crippen molar-refractivity contribution in [1.29, 1.82) is 0 Å².